The predicted molar refractivity (Wildman–Crippen MR) is 61.3 cm³/mol. The zero-order chi connectivity index (χ0) is 11.8. The number of hydrogen-bond acceptors (Lipinski definition) is 4. The molecule has 0 aliphatic rings. The van der Waals surface area contributed by atoms with Crippen molar-refractivity contribution < 1.29 is 9.53 Å². The van der Waals surface area contributed by atoms with Gasteiger partial charge in [-0.2, -0.15) is 5.11 Å². The van der Waals surface area contributed by atoms with E-state index in [0.29, 0.717) is 13.0 Å². The zero-order valence-corrected chi connectivity index (χ0v) is 9.72. The highest BCUT2D eigenvalue weighted by atomic mass is 35.5. The van der Waals surface area contributed by atoms with Crippen LogP contribution in [0.15, 0.2) is 40.1 Å². The Morgan fingerprint density at radius 2 is 2.12 bits per heavy atom. The van der Waals surface area contributed by atoms with E-state index >= 15 is 0 Å². The van der Waals surface area contributed by atoms with Gasteiger partial charge in [-0.1, -0.05) is 35.0 Å². The van der Waals surface area contributed by atoms with Gasteiger partial charge in [0.15, 0.2) is 6.04 Å². The summed E-state index contributed by atoms with van der Waals surface area (Å²) >= 11 is 5.16. The van der Waals surface area contributed by atoms with Crippen molar-refractivity contribution in [2.75, 3.05) is 6.61 Å². The maximum atomic E-state index is 11.5. The van der Waals surface area contributed by atoms with Crippen LogP contribution in [0.3, 0.4) is 0 Å². The first-order valence-corrected chi connectivity index (χ1v) is 5.33. The fourth-order valence-corrected chi connectivity index (χ4v) is 1.41. The molecule has 0 amide bonds. The zero-order valence-electron chi connectivity index (χ0n) is 8.97. The number of esters is 1. The molecular weight excluding hydrogens is 228 g/mol. The van der Waals surface area contributed by atoms with Gasteiger partial charge >= 0.3 is 5.97 Å². The minimum atomic E-state index is -0.667. The van der Waals surface area contributed by atoms with Gasteiger partial charge in [0, 0.05) is 6.42 Å². The van der Waals surface area contributed by atoms with Gasteiger partial charge in [-0.15, -0.1) is 0 Å². The Kier molecular flexibility index (Phi) is 5.50. The largest absolute Gasteiger partial charge is 0.464 e. The molecule has 16 heavy (non-hydrogen) atoms. The topological polar surface area (TPSA) is 51.0 Å². The van der Waals surface area contributed by atoms with Gasteiger partial charge in [0.25, 0.3) is 0 Å². The first kappa shape index (κ1) is 12.6. The first-order chi connectivity index (χ1) is 7.77. The lowest BCUT2D eigenvalue weighted by molar-refractivity contribution is -0.144. The molecule has 0 radical (unpaired) electrons. The smallest absolute Gasteiger partial charge is 0.333 e. The van der Waals surface area contributed by atoms with Crippen LogP contribution in [0.25, 0.3) is 0 Å². The van der Waals surface area contributed by atoms with Crippen LogP contribution in [-0.2, 0) is 16.0 Å². The second-order valence-corrected chi connectivity index (χ2v) is 3.30. The van der Waals surface area contributed by atoms with E-state index in [9.17, 15) is 4.79 Å². The summed E-state index contributed by atoms with van der Waals surface area (Å²) in [5.41, 5.74) is 0.990. The van der Waals surface area contributed by atoms with E-state index in [0.717, 1.165) is 5.56 Å². The van der Waals surface area contributed by atoms with Crippen molar-refractivity contribution in [3.05, 3.63) is 35.9 Å². The van der Waals surface area contributed by atoms with E-state index < -0.39 is 12.0 Å². The van der Waals surface area contributed by atoms with Crippen LogP contribution in [0.4, 0.5) is 0 Å². The molecule has 0 saturated heterocycles. The number of carbonyl (C=O) groups excluding carboxylic acids is 1. The van der Waals surface area contributed by atoms with Crippen molar-refractivity contribution in [3.8, 4) is 0 Å². The predicted octanol–water partition coefficient (Wildman–Crippen LogP) is 2.77. The Morgan fingerprint density at radius 3 is 2.69 bits per heavy atom. The number of ether oxygens (including phenoxy) is 1. The first-order valence-electron chi connectivity index (χ1n) is 4.99. The van der Waals surface area contributed by atoms with Gasteiger partial charge in [0.05, 0.1) is 18.4 Å². The molecule has 0 aromatic heterocycles. The van der Waals surface area contributed by atoms with Crippen molar-refractivity contribution in [2.45, 2.75) is 19.4 Å². The van der Waals surface area contributed by atoms with Crippen LogP contribution in [-0.4, -0.2) is 18.6 Å². The molecule has 0 fully saturated rings. The normalized spacial score (nSPS) is 12.6. The summed E-state index contributed by atoms with van der Waals surface area (Å²) < 4.78 is 8.01. The van der Waals surface area contributed by atoms with Crippen LogP contribution in [0, 0.1) is 0 Å². The van der Waals surface area contributed by atoms with E-state index in [4.69, 9.17) is 16.5 Å². The molecule has 1 atom stereocenters. The molecule has 0 saturated carbocycles. The van der Waals surface area contributed by atoms with E-state index in [-0.39, 0.29) is 0 Å². The SMILES string of the molecule is CCOC(=O)C(Cc1ccccc1)N=NCl. The van der Waals surface area contributed by atoms with Crippen molar-refractivity contribution in [2.24, 2.45) is 9.75 Å². The average Bonchev–Trinajstić information content (AvgIpc) is 2.30. The molecule has 0 spiro atoms. The van der Waals surface area contributed by atoms with Gasteiger partial charge in [0.1, 0.15) is 0 Å². The molecule has 4 nitrogen and oxygen atoms in total. The van der Waals surface area contributed by atoms with Gasteiger partial charge < -0.3 is 4.74 Å². The summed E-state index contributed by atoms with van der Waals surface area (Å²) in [6.45, 7) is 2.07. The van der Waals surface area contributed by atoms with Crippen LogP contribution in [0.5, 0.6) is 0 Å². The number of rotatable bonds is 5. The maximum absolute atomic E-state index is 11.5. The van der Waals surface area contributed by atoms with Gasteiger partial charge in [-0.25, -0.2) is 4.79 Å². The lowest BCUT2D eigenvalue weighted by Crippen LogP contribution is -2.23. The molecule has 0 aliphatic carbocycles. The third-order valence-electron chi connectivity index (χ3n) is 2.01. The molecule has 5 heteroatoms. The number of halogens is 1. The second kappa shape index (κ2) is 6.95. The molecule has 1 unspecified atom stereocenters. The van der Waals surface area contributed by atoms with Crippen LogP contribution in [0.2, 0.25) is 0 Å². The third-order valence-corrected chi connectivity index (χ3v) is 2.10. The number of carbonyl (C=O) groups is 1. The Bertz CT molecular complexity index is 354. The Balaban J connectivity index is 2.68. The average molecular weight is 241 g/mol. The van der Waals surface area contributed by atoms with Gasteiger partial charge in [-0.05, 0) is 12.5 Å². The molecule has 86 valence electrons. The Labute approximate surface area is 99.4 Å². The summed E-state index contributed by atoms with van der Waals surface area (Å²) in [5, 5.41) is 3.65. The quantitative estimate of drug-likeness (QED) is 0.587. The Hall–Kier alpha value is -1.42. The molecular formula is C11H13ClN2O2. The molecule has 0 aliphatic heterocycles. The highest BCUT2D eigenvalue weighted by molar-refractivity contribution is 6.14. The van der Waals surface area contributed by atoms with Gasteiger partial charge in [-0.3, -0.25) is 0 Å². The van der Waals surface area contributed by atoms with Crippen LogP contribution < -0.4 is 0 Å². The number of hydrogen-bond donors (Lipinski definition) is 0. The fraction of sp³-hybridized carbons (Fsp3) is 0.364. The maximum Gasteiger partial charge on any atom is 0.333 e. The number of benzene rings is 1. The lowest BCUT2D eigenvalue weighted by Gasteiger charge is -2.09. The second-order valence-electron chi connectivity index (χ2n) is 3.15. The van der Waals surface area contributed by atoms with E-state index in [1.807, 2.05) is 30.3 Å². The lowest BCUT2D eigenvalue weighted by atomic mass is 10.1. The molecule has 0 bridgehead atoms. The van der Waals surface area contributed by atoms with E-state index in [1.165, 1.54) is 0 Å². The highest BCUT2D eigenvalue weighted by Gasteiger charge is 2.19. The highest BCUT2D eigenvalue weighted by Crippen LogP contribution is 2.08. The molecule has 0 heterocycles. The van der Waals surface area contributed by atoms with Crippen molar-refractivity contribution in [1.82, 2.24) is 0 Å². The summed E-state index contributed by atoms with van der Waals surface area (Å²) in [5.74, 6) is -0.407. The van der Waals surface area contributed by atoms with Crippen molar-refractivity contribution in [3.63, 3.8) is 0 Å². The molecule has 1 rings (SSSR count). The number of nitrogens with zero attached hydrogens (tertiary/aromatic N) is 2. The summed E-state index contributed by atoms with van der Waals surface area (Å²) in [7, 11) is 0. The summed E-state index contributed by atoms with van der Waals surface area (Å²) in [6, 6.07) is 8.86. The molecule has 1 aromatic rings. The Morgan fingerprint density at radius 1 is 1.44 bits per heavy atom. The standard InChI is InChI=1S/C11H13ClN2O2/c1-2-16-11(15)10(13-14-12)8-9-6-4-3-5-7-9/h3-7,10H,2,8H2,1H3. The summed E-state index contributed by atoms with van der Waals surface area (Å²) in [6.07, 6.45) is 0.440. The monoisotopic (exact) mass is 240 g/mol. The third kappa shape index (κ3) is 3.98. The fourth-order valence-electron chi connectivity index (χ4n) is 1.30. The molecule has 1 aromatic carbocycles. The minimum absolute atomic E-state index is 0.321. The van der Waals surface area contributed by atoms with Crippen LogP contribution >= 0.6 is 11.8 Å². The molecule has 0 N–H and O–H groups in total. The van der Waals surface area contributed by atoms with E-state index in [1.54, 1.807) is 6.92 Å². The minimum Gasteiger partial charge on any atom is -0.464 e. The summed E-state index contributed by atoms with van der Waals surface area (Å²) in [4.78, 5) is 11.5. The van der Waals surface area contributed by atoms with E-state index in [2.05, 4.69) is 9.75 Å². The van der Waals surface area contributed by atoms with Gasteiger partial charge in [0.2, 0.25) is 0 Å². The van der Waals surface area contributed by atoms with Crippen LogP contribution in [0.1, 0.15) is 12.5 Å². The van der Waals surface area contributed by atoms with Crippen molar-refractivity contribution in [1.29, 1.82) is 0 Å². The van der Waals surface area contributed by atoms with Crippen molar-refractivity contribution >= 4 is 17.7 Å².